The Kier molecular flexibility index (Phi) is 3.73. The van der Waals surface area contributed by atoms with Crippen molar-refractivity contribution in [2.45, 2.75) is 26.3 Å². The lowest BCUT2D eigenvalue weighted by Crippen LogP contribution is -2.42. The molecule has 112 valence electrons. The van der Waals surface area contributed by atoms with Gasteiger partial charge in [0.05, 0.1) is 12.6 Å². The number of rotatable bonds is 3. The SMILES string of the molecule is CCCNC(=O)N1CCc2[nH]c3c(OC)cccc3c2C1. The number of nitrogens with one attached hydrogen (secondary N) is 2. The third kappa shape index (κ3) is 2.44. The molecule has 0 fully saturated rings. The fourth-order valence-corrected chi connectivity index (χ4v) is 2.90. The number of H-pyrrole nitrogens is 1. The monoisotopic (exact) mass is 287 g/mol. The highest BCUT2D eigenvalue weighted by molar-refractivity contribution is 5.90. The molecule has 0 atom stereocenters. The highest BCUT2D eigenvalue weighted by Gasteiger charge is 2.24. The molecule has 5 heteroatoms. The minimum absolute atomic E-state index is 0.0275. The minimum Gasteiger partial charge on any atom is -0.495 e. The molecule has 0 bridgehead atoms. The number of benzene rings is 1. The summed E-state index contributed by atoms with van der Waals surface area (Å²) < 4.78 is 5.41. The Bertz CT molecular complexity index is 663. The van der Waals surface area contributed by atoms with Gasteiger partial charge in [-0.15, -0.1) is 0 Å². The fraction of sp³-hybridized carbons (Fsp3) is 0.438. The summed E-state index contributed by atoms with van der Waals surface area (Å²) in [6, 6.07) is 6.06. The number of para-hydroxylation sites is 1. The summed E-state index contributed by atoms with van der Waals surface area (Å²) in [5.74, 6) is 0.851. The number of amides is 2. The molecule has 0 unspecified atom stereocenters. The van der Waals surface area contributed by atoms with Gasteiger partial charge in [0.25, 0.3) is 0 Å². The average Bonchev–Trinajstić information content (AvgIpc) is 2.90. The molecule has 0 spiro atoms. The molecule has 1 aliphatic heterocycles. The van der Waals surface area contributed by atoms with Gasteiger partial charge in [0.15, 0.2) is 0 Å². The van der Waals surface area contributed by atoms with E-state index in [0.29, 0.717) is 6.54 Å². The second kappa shape index (κ2) is 5.68. The summed E-state index contributed by atoms with van der Waals surface area (Å²) in [5, 5.41) is 4.10. The van der Waals surface area contributed by atoms with Crippen LogP contribution in [-0.2, 0) is 13.0 Å². The van der Waals surface area contributed by atoms with Crippen molar-refractivity contribution in [2.24, 2.45) is 0 Å². The van der Waals surface area contributed by atoms with Gasteiger partial charge in [-0.2, -0.15) is 0 Å². The topological polar surface area (TPSA) is 57.4 Å². The number of carbonyl (C=O) groups is 1. The molecule has 2 amide bonds. The summed E-state index contributed by atoms with van der Waals surface area (Å²) in [4.78, 5) is 17.5. The first-order chi connectivity index (χ1) is 10.2. The van der Waals surface area contributed by atoms with Crippen molar-refractivity contribution in [1.82, 2.24) is 15.2 Å². The smallest absolute Gasteiger partial charge is 0.317 e. The molecule has 2 heterocycles. The Morgan fingerprint density at radius 1 is 1.48 bits per heavy atom. The highest BCUT2D eigenvalue weighted by atomic mass is 16.5. The van der Waals surface area contributed by atoms with Crippen LogP contribution in [0.25, 0.3) is 10.9 Å². The maximum atomic E-state index is 12.1. The van der Waals surface area contributed by atoms with Crippen molar-refractivity contribution in [3.63, 3.8) is 0 Å². The number of methoxy groups -OCH3 is 1. The van der Waals surface area contributed by atoms with Crippen LogP contribution in [0.5, 0.6) is 5.75 Å². The van der Waals surface area contributed by atoms with E-state index < -0.39 is 0 Å². The predicted octanol–water partition coefficient (Wildman–Crippen LogP) is 2.65. The summed E-state index contributed by atoms with van der Waals surface area (Å²) in [6.45, 7) is 4.18. The van der Waals surface area contributed by atoms with Crippen LogP contribution in [0.4, 0.5) is 4.79 Å². The van der Waals surface area contributed by atoms with E-state index in [2.05, 4.69) is 23.3 Å². The van der Waals surface area contributed by atoms with E-state index >= 15 is 0 Å². The van der Waals surface area contributed by atoms with Crippen molar-refractivity contribution in [3.8, 4) is 5.75 Å². The normalized spacial score (nSPS) is 14.1. The molecule has 0 radical (unpaired) electrons. The number of aromatic amines is 1. The van der Waals surface area contributed by atoms with Crippen molar-refractivity contribution < 1.29 is 9.53 Å². The maximum Gasteiger partial charge on any atom is 0.317 e. The number of carbonyl (C=O) groups excluding carboxylic acids is 1. The Balaban J connectivity index is 1.90. The second-order valence-corrected chi connectivity index (χ2v) is 5.37. The zero-order chi connectivity index (χ0) is 14.8. The molecule has 2 N–H and O–H groups in total. The summed E-state index contributed by atoms with van der Waals surface area (Å²) in [7, 11) is 1.68. The number of urea groups is 1. The van der Waals surface area contributed by atoms with Crippen molar-refractivity contribution in [1.29, 1.82) is 0 Å². The Morgan fingerprint density at radius 2 is 2.33 bits per heavy atom. The molecular formula is C16H21N3O2. The largest absolute Gasteiger partial charge is 0.495 e. The van der Waals surface area contributed by atoms with Crippen molar-refractivity contribution >= 4 is 16.9 Å². The number of hydrogen-bond acceptors (Lipinski definition) is 2. The van der Waals surface area contributed by atoms with E-state index in [4.69, 9.17) is 4.74 Å². The standard InChI is InChI=1S/C16H21N3O2/c1-3-8-17-16(20)19-9-7-13-12(10-19)11-5-4-6-14(21-2)15(11)18-13/h4-6,18H,3,7-10H2,1-2H3,(H,17,20). The van der Waals surface area contributed by atoms with E-state index in [1.54, 1.807) is 7.11 Å². The maximum absolute atomic E-state index is 12.1. The lowest BCUT2D eigenvalue weighted by Gasteiger charge is -2.27. The van der Waals surface area contributed by atoms with E-state index in [1.165, 1.54) is 11.3 Å². The van der Waals surface area contributed by atoms with E-state index in [0.717, 1.165) is 42.6 Å². The molecule has 1 aromatic heterocycles. The minimum atomic E-state index is 0.0275. The molecule has 1 aliphatic rings. The Morgan fingerprint density at radius 3 is 3.10 bits per heavy atom. The second-order valence-electron chi connectivity index (χ2n) is 5.37. The number of hydrogen-bond donors (Lipinski definition) is 2. The lowest BCUT2D eigenvalue weighted by molar-refractivity contribution is 0.192. The number of nitrogens with zero attached hydrogens (tertiary/aromatic N) is 1. The zero-order valence-electron chi connectivity index (χ0n) is 12.5. The molecule has 2 aromatic rings. The third-order valence-corrected chi connectivity index (χ3v) is 4.01. The summed E-state index contributed by atoms with van der Waals surface area (Å²) in [5.41, 5.74) is 3.46. The van der Waals surface area contributed by atoms with Crippen LogP contribution in [-0.4, -0.2) is 36.1 Å². The Hall–Kier alpha value is -2.17. The molecule has 0 saturated carbocycles. The van der Waals surface area contributed by atoms with Crippen LogP contribution in [0.1, 0.15) is 24.6 Å². The van der Waals surface area contributed by atoms with Gasteiger partial charge in [0, 0.05) is 42.7 Å². The molecule has 0 aliphatic carbocycles. The molecule has 1 aromatic carbocycles. The molecule has 21 heavy (non-hydrogen) atoms. The molecule has 3 rings (SSSR count). The first-order valence-electron chi connectivity index (χ1n) is 7.43. The van der Waals surface area contributed by atoms with Gasteiger partial charge in [0.2, 0.25) is 0 Å². The van der Waals surface area contributed by atoms with Crippen molar-refractivity contribution in [3.05, 3.63) is 29.5 Å². The van der Waals surface area contributed by atoms with Crippen LogP contribution in [0.3, 0.4) is 0 Å². The van der Waals surface area contributed by atoms with Gasteiger partial charge < -0.3 is 19.9 Å². The van der Waals surface area contributed by atoms with Crippen LogP contribution in [0.15, 0.2) is 18.2 Å². The summed E-state index contributed by atoms with van der Waals surface area (Å²) in [6.07, 6.45) is 1.81. The quantitative estimate of drug-likeness (QED) is 0.912. The van der Waals surface area contributed by atoms with Crippen LogP contribution in [0, 0.1) is 0 Å². The van der Waals surface area contributed by atoms with Gasteiger partial charge >= 0.3 is 6.03 Å². The van der Waals surface area contributed by atoms with Crippen molar-refractivity contribution in [2.75, 3.05) is 20.2 Å². The average molecular weight is 287 g/mol. The van der Waals surface area contributed by atoms with E-state index in [-0.39, 0.29) is 6.03 Å². The van der Waals surface area contributed by atoms with Crippen LogP contribution < -0.4 is 10.1 Å². The van der Waals surface area contributed by atoms with E-state index in [1.807, 2.05) is 17.0 Å². The zero-order valence-corrected chi connectivity index (χ0v) is 12.5. The van der Waals surface area contributed by atoms with Gasteiger partial charge in [-0.05, 0) is 12.5 Å². The van der Waals surface area contributed by atoms with Gasteiger partial charge in [-0.1, -0.05) is 19.1 Å². The van der Waals surface area contributed by atoms with Crippen LogP contribution in [0.2, 0.25) is 0 Å². The number of ether oxygens (including phenoxy) is 1. The third-order valence-electron chi connectivity index (χ3n) is 4.01. The highest BCUT2D eigenvalue weighted by Crippen LogP contribution is 2.32. The van der Waals surface area contributed by atoms with Gasteiger partial charge in [-0.25, -0.2) is 4.79 Å². The van der Waals surface area contributed by atoms with Gasteiger partial charge in [0.1, 0.15) is 5.75 Å². The summed E-state index contributed by atoms with van der Waals surface area (Å²) >= 11 is 0. The lowest BCUT2D eigenvalue weighted by atomic mass is 10.0. The molecule has 0 saturated heterocycles. The van der Waals surface area contributed by atoms with Gasteiger partial charge in [-0.3, -0.25) is 0 Å². The predicted molar refractivity (Wildman–Crippen MR) is 82.7 cm³/mol. The first kappa shape index (κ1) is 13.8. The van der Waals surface area contributed by atoms with E-state index in [9.17, 15) is 4.79 Å². The molecule has 5 nitrogen and oxygen atoms in total. The number of aromatic nitrogens is 1. The van der Waals surface area contributed by atoms with Crippen LogP contribution >= 0.6 is 0 Å². The Labute approximate surface area is 124 Å². The first-order valence-corrected chi connectivity index (χ1v) is 7.43. The molecular weight excluding hydrogens is 266 g/mol. The number of fused-ring (bicyclic) bond motifs is 3. The fourth-order valence-electron chi connectivity index (χ4n) is 2.90.